The van der Waals surface area contributed by atoms with Gasteiger partial charge in [-0.15, -0.1) is 0 Å². The summed E-state index contributed by atoms with van der Waals surface area (Å²) >= 11 is 0. The van der Waals surface area contributed by atoms with Gasteiger partial charge in [-0.1, -0.05) is 19.9 Å². The van der Waals surface area contributed by atoms with E-state index in [-0.39, 0.29) is 29.3 Å². The predicted octanol–water partition coefficient (Wildman–Crippen LogP) is 1.97. The first-order chi connectivity index (χ1) is 9.48. The molecule has 4 heterocycles. The number of hydrogen-bond donors (Lipinski definition) is 0. The minimum absolute atomic E-state index is 0.141. The molecule has 0 aromatic carbocycles. The topological polar surface area (TPSA) is 38.8 Å². The maximum Gasteiger partial charge on any atom is 0.256 e. The van der Waals surface area contributed by atoms with Gasteiger partial charge in [0.25, 0.3) is 5.91 Å². The Bertz CT molecular complexity index is 591. The number of fused-ring (bicyclic) bond motifs is 2. The van der Waals surface area contributed by atoms with Crippen molar-refractivity contribution in [2.45, 2.75) is 51.0 Å². The molecule has 0 aromatic heterocycles. The summed E-state index contributed by atoms with van der Waals surface area (Å²) in [6, 6.07) is 0. The quantitative estimate of drug-likeness (QED) is 0.633. The molecule has 5 rings (SSSR count). The zero-order valence-corrected chi connectivity index (χ0v) is 11.9. The molecule has 0 aromatic rings. The van der Waals surface area contributed by atoms with E-state index in [1.165, 1.54) is 0 Å². The van der Waals surface area contributed by atoms with Crippen LogP contribution in [0.25, 0.3) is 0 Å². The average molecular weight is 273 g/mol. The number of amides is 1. The first-order valence-electron chi connectivity index (χ1n) is 7.55. The van der Waals surface area contributed by atoms with Crippen LogP contribution in [0.1, 0.15) is 33.1 Å². The molecule has 0 unspecified atom stereocenters. The van der Waals surface area contributed by atoms with E-state index in [0.29, 0.717) is 5.92 Å². The maximum absolute atomic E-state index is 12.8. The van der Waals surface area contributed by atoms with E-state index in [0.717, 1.165) is 37.1 Å². The Hall–Kier alpha value is -1.29. The lowest BCUT2D eigenvalue weighted by Crippen LogP contribution is -2.50. The van der Waals surface area contributed by atoms with E-state index < -0.39 is 0 Å². The second-order valence-corrected chi connectivity index (χ2v) is 7.65. The van der Waals surface area contributed by atoms with E-state index >= 15 is 0 Å². The Morgan fingerprint density at radius 2 is 2.20 bits per heavy atom. The van der Waals surface area contributed by atoms with Crippen molar-refractivity contribution in [1.29, 1.82) is 0 Å². The minimum Gasteiger partial charge on any atom is -0.471 e. The molecule has 4 aliphatic heterocycles. The molecule has 4 nitrogen and oxygen atoms in total. The first kappa shape index (κ1) is 11.4. The molecular formula is C16H19NO3. The van der Waals surface area contributed by atoms with Gasteiger partial charge in [0, 0.05) is 18.9 Å². The van der Waals surface area contributed by atoms with E-state index in [2.05, 4.69) is 26.0 Å². The van der Waals surface area contributed by atoms with Crippen molar-refractivity contribution in [2.75, 3.05) is 6.54 Å². The third kappa shape index (κ3) is 1.16. The summed E-state index contributed by atoms with van der Waals surface area (Å²) in [5, 5.41) is 0. The monoisotopic (exact) mass is 273 g/mol. The number of allylic oxidation sites excluding steroid dienone is 1. The zero-order chi connectivity index (χ0) is 13.7. The molecule has 2 bridgehead atoms. The molecule has 0 saturated carbocycles. The highest BCUT2D eigenvalue weighted by Gasteiger charge is 2.65. The number of nitrogens with zero attached hydrogens (tertiary/aromatic N) is 1. The standard InChI is InChI=1S/C16H19NO3/c1-15(2)6-11-12(7-15)19-14-16-4-3-10(20-16)5-9(16)8-17(14)13(11)18/h3-4,9-10,14H,5-8H2,1-2H3/t9-,10+,14+,16-/m0/s1. The summed E-state index contributed by atoms with van der Waals surface area (Å²) in [6.45, 7) is 5.18. The third-order valence-corrected chi connectivity index (χ3v) is 5.57. The van der Waals surface area contributed by atoms with Gasteiger partial charge >= 0.3 is 0 Å². The molecule has 106 valence electrons. The van der Waals surface area contributed by atoms with Crippen molar-refractivity contribution >= 4 is 5.91 Å². The Morgan fingerprint density at radius 1 is 1.35 bits per heavy atom. The van der Waals surface area contributed by atoms with Crippen LogP contribution in [0.15, 0.2) is 23.5 Å². The van der Waals surface area contributed by atoms with Gasteiger partial charge in [0.15, 0.2) is 0 Å². The molecule has 0 radical (unpaired) electrons. The summed E-state index contributed by atoms with van der Waals surface area (Å²) in [6.07, 6.45) is 7.00. The largest absolute Gasteiger partial charge is 0.471 e. The Kier molecular flexibility index (Phi) is 1.78. The Balaban J connectivity index is 1.56. The molecule has 2 fully saturated rings. The van der Waals surface area contributed by atoms with Crippen LogP contribution in [0, 0.1) is 11.3 Å². The van der Waals surface area contributed by atoms with Crippen LogP contribution in [-0.2, 0) is 14.3 Å². The van der Waals surface area contributed by atoms with E-state index in [9.17, 15) is 4.79 Å². The van der Waals surface area contributed by atoms with Gasteiger partial charge in [0.05, 0.1) is 11.7 Å². The van der Waals surface area contributed by atoms with Gasteiger partial charge in [-0.3, -0.25) is 4.79 Å². The van der Waals surface area contributed by atoms with Crippen LogP contribution >= 0.6 is 0 Å². The van der Waals surface area contributed by atoms with Crippen LogP contribution in [0.3, 0.4) is 0 Å². The number of carbonyl (C=O) groups is 1. The van der Waals surface area contributed by atoms with Gasteiger partial charge in [-0.05, 0) is 24.3 Å². The van der Waals surface area contributed by atoms with Crippen LogP contribution in [0.5, 0.6) is 0 Å². The molecule has 0 N–H and O–H groups in total. The van der Waals surface area contributed by atoms with E-state index in [1.807, 2.05) is 4.90 Å². The summed E-state index contributed by atoms with van der Waals surface area (Å²) < 4.78 is 12.4. The summed E-state index contributed by atoms with van der Waals surface area (Å²) in [5.74, 6) is 1.51. The molecule has 5 aliphatic rings. The summed E-state index contributed by atoms with van der Waals surface area (Å²) in [5.41, 5.74) is 0.675. The van der Waals surface area contributed by atoms with Crippen molar-refractivity contribution in [1.82, 2.24) is 4.90 Å². The van der Waals surface area contributed by atoms with Gasteiger partial charge in [-0.25, -0.2) is 0 Å². The van der Waals surface area contributed by atoms with Gasteiger partial charge in [0.2, 0.25) is 6.23 Å². The second kappa shape index (κ2) is 3.14. The van der Waals surface area contributed by atoms with Crippen molar-refractivity contribution in [3.63, 3.8) is 0 Å². The molecule has 20 heavy (non-hydrogen) atoms. The van der Waals surface area contributed by atoms with Crippen LogP contribution in [-0.4, -0.2) is 35.3 Å². The van der Waals surface area contributed by atoms with E-state index in [1.54, 1.807) is 0 Å². The number of carbonyl (C=O) groups excluding carboxylic acids is 1. The third-order valence-electron chi connectivity index (χ3n) is 5.57. The van der Waals surface area contributed by atoms with Gasteiger partial charge in [-0.2, -0.15) is 0 Å². The highest BCUT2D eigenvalue weighted by atomic mass is 16.6. The highest BCUT2D eigenvalue weighted by Crippen LogP contribution is 2.55. The van der Waals surface area contributed by atoms with Crippen LogP contribution < -0.4 is 0 Å². The molecule has 4 atom stereocenters. The van der Waals surface area contributed by atoms with E-state index in [4.69, 9.17) is 9.47 Å². The lowest BCUT2D eigenvalue weighted by Gasteiger charge is -2.37. The molecular weight excluding hydrogens is 254 g/mol. The summed E-state index contributed by atoms with van der Waals surface area (Å²) in [7, 11) is 0. The van der Waals surface area contributed by atoms with Gasteiger partial charge in [0.1, 0.15) is 11.4 Å². The Labute approximate surface area is 118 Å². The molecule has 2 saturated heterocycles. The average Bonchev–Trinajstić information content (AvgIpc) is 3.07. The number of hydrogen-bond acceptors (Lipinski definition) is 3. The molecule has 4 heteroatoms. The smallest absolute Gasteiger partial charge is 0.256 e. The van der Waals surface area contributed by atoms with Crippen molar-refractivity contribution in [3.8, 4) is 0 Å². The minimum atomic E-state index is -0.369. The SMILES string of the molecule is CC1(C)CC2=C(C1)C(=O)N1C[C@@H]3C[C@H]4C=C[C@@]3(O4)[C@H]1O2. The lowest BCUT2D eigenvalue weighted by atomic mass is 9.85. The summed E-state index contributed by atoms with van der Waals surface area (Å²) in [4.78, 5) is 14.7. The lowest BCUT2D eigenvalue weighted by molar-refractivity contribution is -0.156. The number of rotatable bonds is 0. The van der Waals surface area contributed by atoms with Crippen molar-refractivity contribution < 1.29 is 14.3 Å². The fraction of sp³-hybridized carbons (Fsp3) is 0.688. The predicted molar refractivity (Wildman–Crippen MR) is 71.5 cm³/mol. The van der Waals surface area contributed by atoms with Crippen molar-refractivity contribution in [3.05, 3.63) is 23.5 Å². The normalized spacial score (nSPS) is 46.6. The highest BCUT2D eigenvalue weighted by molar-refractivity contribution is 5.96. The first-order valence-corrected chi connectivity index (χ1v) is 7.55. The van der Waals surface area contributed by atoms with Crippen LogP contribution in [0.4, 0.5) is 0 Å². The Morgan fingerprint density at radius 3 is 3.00 bits per heavy atom. The van der Waals surface area contributed by atoms with Gasteiger partial charge < -0.3 is 14.4 Å². The van der Waals surface area contributed by atoms with Crippen LogP contribution in [0.2, 0.25) is 0 Å². The fourth-order valence-corrected chi connectivity index (χ4v) is 4.70. The molecule has 1 spiro atoms. The fourth-order valence-electron chi connectivity index (χ4n) is 4.70. The number of ether oxygens (including phenoxy) is 2. The van der Waals surface area contributed by atoms with Crippen molar-refractivity contribution in [2.24, 2.45) is 11.3 Å². The maximum atomic E-state index is 12.8. The molecule has 1 amide bonds. The molecule has 1 aliphatic carbocycles. The second-order valence-electron chi connectivity index (χ2n) is 7.65. The zero-order valence-electron chi connectivity index (χ0n) is 11.9.